The van der Waals surface area contributed by atoms with Crippen molar-refractivity contribution in [3.8, 4) is 0 Å². The second-order valence-electron chi connectivity index (χ2n) is 9.21. The van der Waals surface area contributed by atoms with Crippen LogP contribution in [0, 0.1) is 11.3 Å². The van der Waals surface area contributed by atoms with E-state index in [1.807, 2.05) is 24.3 Å². The number of benzene rings is 1. The second kappa shape index (κ2) is 9.22. The molecule has 0 aliphatic carbocycles. The number of hydrogen-bond donors (Lipinski definition) is 2. The smallest absolute Gasteiger partial charge is 0.270 e. The highest BCUT2D eigenvalue weighted by Gasteiger charge is 2.26. The fourth-order valence-corrected chi connectivity index (χ4v) is 5.55. The summed E-state index contributed by atoms with van der Waals surface area (Å²) in [5, 5.41) is 10.3. The van der Waals surface area contributed by atoms with Crippen molar-refractivity contribution in [2.24, 2.45) is 11.3 Å². The van der Waals surface area contributed by atoms with E-state index in [1.54, 1.807) is 27.7 Å². The minimum atomic E-state index is -3.86. The first-order valence-electron chi connectivity index (χ1n) is 10.5. The van der Waals surface area contributed by atoms with Crippen molar-refractivity contribution >= 4 is 38.1 Å². The maximum Gasteiger partial charge on any atom is 0.270 e. The number of aromatic nitrogens is 2. The number of hydrogen-bond acceptors (Lipinski definition) is 7. The Morgan fingerprint density at radius 1 is 1.23 bits per heavy atom. The van der Waals surface area contributed by atoms with E-state index in [4.69, 9.17) is 0 Å². The Morgan fingerprint density at radius 2 is 1.90 bits per heavy atom. The van der Waals surface area contributed by atoms with Crippen molar-refractivity contribution in [3.05, 3.63) is 29.8 Å². The summed E-state index contributed by atoms with van der Waals surface area (Å²) in [6, 6.07) is 7.57. The van der Waals surface area contributed by atoms with Crippen LogP contribution in [0.5, 0.6) is 0 Å². The Hall–Kier alpha value is -2.04. The second-order valence-corrected chi connectivity index (χ2v) is 12.1. The van der Waals surface area contributed by atoms with Gasteiger partial charge in [-0.2, -0.15) is 0 Å². The molecular weight excluding hydrogens is 434 g/mol. The Kier molecular flexibility index (Phi) is 7.02. The Balaban J connectivity index is 1.65. The van der Waals surface area contributed by atoms with E-state index in [9.17, 15) is 13.2 Å². The topological polar surface area (TPSA) is 104 Å². The molecule has 1 aliphatic rings. The largest absolute Gasteiger partial charge is 0.371 e. The predicted octanol–water partition coefficient (Wildman–Crippen LogP) is 3.80. The molecule has 10 heteroatoms. The van der Waals surface area contributed by atoms with E-state index in [0.717, 1.165) is 35.7 Å². The fraction of sp³-hybridized carbons (Fsp3) is 0.571. The maximum atomic E-state index is 12.7. The van der Waals surface area contributed by atoms with Gasteiger partial charge in [-0.25, -0.2) is 13.1 Å². The molecule has 1 saturated heterocycles. The molecule has 1 fully saturated rings. The van der Waals surface area contributed by atoms with Crippen molar-refractivity contribution in [3.63, 3.8) is 0 Å². The zero-order valence-electron chi connectivity index (χ0n) is 18.7. The average Bonchev–Trinajstić information content (AvgIpc) is 3.16. The van der Waals surface area contributed by atoms with Crippen molar-refractivity contribution in [2.75, 3.05) is 23.3 Å². The lowest BCUT2D eigenvalue weighted by Gasteiger charge is -2.33. The van der Waals surface area contributed by atoms with Crippen molar-refractivity contribution in [1.82, 2.24) is 14.9 Å². The SMILES string of the molecule is C[C@@H]1CCCN(c2ccc([C@H](C)NS(=O)(=O)c3nnc(NC(=O)C(C)(C)C)s3)cc2)C1. The molecule has 1 aliphatic heterocycles. The van der Waals surface area contributed by atoms with Crippen LogP contribution in [0.1, 0.15) is 59.1 Å². The molecule has 2 aromatic rings. The first kappa shape index (κ1) is 23.6. The summed E-state index contributed by atoms with van der Waals surface area (Å²) >= 11 is 0.832. The summed E-state index contributed by atoms with van der Waals surface area (Å²) in [6.45, 7) is 11.5. The van der Waals surface area contributed by atoms with Crippen LogP contribution in [0.4, 0.5) is 10.8 Å². The minimum absolute atomic E-state index is 0.160. The molecule has 0 bridgehead atoms. The number of rotatable bonds is 6. The number of anilines is 2. The van der Waals surface area contributed by atoms with Crippen LogP contribution < -0.4 is 14.9 Å². The molecule has 0 radical (unpaired) electrons. The van der Waals surface area contributed by atoms with Crippen LogP contribution in [-0.2, 0) is 14.8 Å². The molecule has 31 heavy (non-hydrogen) atoms. The number of amides is 1. The lowest BCUT2D eigenvalue weighted by atomic mass is 9.96. The van der Waals surface area contributed by atoms with Crippen molar-refractivity contribution in [1.29, 1.82) is 0 Å². The number of carbonyl (C=O) groups is 1. The highest BCUT2D eigenvalue weighted by Crippen LogP contribution is 2.27. The molecule has 2 heterocycles. The third-order valence-corrected chi connectivity index (χ3v) is 8.03. The molecular formula is C21H31N5O3S2. The average molecular weight is 466 g/mol. The van der Waals surface area contributed by atoms with Crippen LogP contribution in [0.15, 0.2) is 28.6 Å². The zero-order valence-corrected chi connectivity index (χ0v) is 20.3. The Bertz CT molecular complexity index is 1010. The van der Waals surface area contributed by atoms with Crippen LogP contribution in [0.25, 0.3) is 0 Å². The van der Waals surface area contributed by atoms with E-state index in [0.29, 0.717) is 5.92 Å². The van der Waals surface area contributed by atoms with Crippen LogP contribution in [0.2, 0.25) is 0 Å². The van der Waals surface area contributed by atoms with Gasteiger partial charge < -0.3 is 10.2 Å². The highest BCUT2D eigenvalue weighted by molar-refractivity contribution is 7.91. The third-order valence-electron chi connectivity index (χ3n) is 5.29. The highest BCUT2D eigenvalue weighted by atomic mass is 32.2. The van der Waals surface area contributed by atoms with Crippen molar-refractivity contribution in [2.45, 2.75) is 57.8 Å². The van der Waals surface area contributed by atoms with Gasteiger partial charge in [-0.3, -0.25) is 4.79 Å². The number of nitrogens with zero attached hydrogens (tertiary/aromatic N) is 3. The predicted molar refractivity (Wildman–Crippen MR) is 124 cm³/mol. The van der Waals surface area contributed by atoms with Gasteiger partial charge in [0.05, 0.1) is 0 Å². The molecule has 0 unspecified atom stereocenters. The Morgan fingerprint density at radius 3 is 2.52 bits per heavy atom. The Labute approximate surface area is 188 Å². The molecule has 3 rings (SSSR count). The third kappa shape index (κ3) is 6.02. The summed E-state index contributed by atoms with van der Waals surface area (Å²) in [5.74, 6) is 0.432. The molecule has 0 saturated carbocycles. The van der Waals surface area contributed by atoms with Crippen molar-refractivity contribution < 1.29 is 13.2 Å². The fourth-order valence-electron chi connectivity index (χ4n) is 3.40. The molecule has 0 spiro atoms. The lowest BCUT2D eigenvalue weighted by molar-refractivity contribution is -0.123. The van der Waals surface area contributed by atoms with Crippen LogP contribution in [0.3, 0.4) is 0 Å². The van der Waals surface area contributed by atoms with E-state index < -0.39 is 21.5 Å². The summed E-state index contributed by atoms with van der Waals surface area (Å²) in [7, 11) is -3.86. The molecule has 1 aromatic heterocycles. The van der Waals surface area contributed by atoms with E-state index in [2.05, 4.69) is 32.1 Å². The quantitative estimate of drug-likeness (QED) is 0.629. The molecule has 1 amide bonds. The van der Waals surface area contributed by atoms with Gasteiger partial charge in [0.1, 0.15) is 0 Å². The lowest BCUT2D eigenvalue weighted by Crippen LogP contribution is -2.34. The number of carbonyl (C=O) groups excluding carboxylic acids is 1. The van der Waals surface area contributed by atoms with Gasteiger partial charge in [0.15, 0.2) is 0 Å². The minimum Gasteiger partial charge on any atom is -0.371 e. The standard InChI is InChI=1S/C21H31N5O3S2/c1-14-7-6-12-26(13-14)17-10-8-16(9-11-17)15(2)25-31(28,29)20-24-23-19(30-20)22-18(27)21(3,4)5/h8-11,14-15,25H,6-7,12-13H2,1-5H3,(H,22,23,27)/t14-,15+/m1/s1. The first-order valence-corrected chi connectivity index (χ1v) is 12.8. The van der Waals surface area contributed by atoms with Crippen LogP contribution in [-0.4, -0.2) is 37.6 Å². The summed E-state index contributed by atoms with van der Waals surface area (Å²) < 4.78 is 27.9. The number of piperidine rings is 1. The molecule has 1 aromatic carbocycles. The normalized spacial score (nSPS) is 18.6. The van der Waals surface area contributed by atoms with E-state index in [1.165, 1.54) is 12.8 Å². The van der Waals surface area contributed by atoms with Gasteiger partial charge in [0.2, 0.25) is 15.4 Å². The van der Waals surface area contributed by atoms with Gasteiger partial charge in [-0.15, -0.1) is 10.2 Å². The summed E-state index contributed by atoms with van der Waals surface area (Å²) in [6.07, 6.45) is 2.46. The molecule has 2 atom stereocenters. The first-order chi connectivity index (χ1) is 14.5. The zero-order chi connectivity index (χ0) is 22.8. The van der Waals surface area contributed by atoms with Gasteiger partial charge in [-0.1, -0.05) is 51.2 Å². The molecule has 8 nitrogen and oxygen atoms in total. The van der Waals surface area contributed by atoms with Gasteiger partial charge in [-0.05, 0) is 43.4 Å². The van der Waals surface area contributed by atoms with Crippen LogP contribution >= 0.6 is 11.3 Å². The summed E-state index contributed by atoms with van der Waals surface area (Å²) in [5.41, 5.74) is 1.41. The maximum absolute atomic E-state index is 12.7. The van der Waals surface area contributed by atoms with Gasteiger partial charge in [0.25, 0.3) is 10.0 Å². The number of sulfonamides is 1. The van der Waals surface area contributed by atoms with Gasteiger partial charge >= 0.3 is 0 Å². The van der Waals surface area contributed by atoms with Gasteiger partial charge in [0, 0.05) is 30.2 Å². The summed E-state index contributed by atoms with van der Waals surface area (Å²) in [4.78, 5) is 14.5. The monoisotopic (exact) mass is 465 g/mol. The molecule has 2 N–H and O–H groups in total. The van der Waals surface area contributed by atoms with E-state index >= 15 is 0 Å². The number of nitrogens with one attached hydrogen (secondary N) is 2. The van der Waals surface area contributed by atoms with E-state index in [-0.39, 0.29) is 15.4 Å². The molecule has 170 valence electrons.